The second-order valence-corrected chi connectivity index (χ2v) is 5.18. The number of hydrogen-bond donors (Lipinski definition) is 1. The van der Waals surface area contributed by atoms with Crippen LogP contribution < -0.4 is 5.32 Å². The van der Waals surface area contributed by atoms with Gasteiger partial charge in [-0.3, -0.25) is 0 Å². The number of hydrogen-bond acceptors (Lipinski definition) is 2. The van der Waals surface area contributed by atoms with E-state index in [1.807, 2.05) is 4.90 Å². The Morgan fingerprint density at radius 2 is 1.59 bits per heavy atom. The minimum atomic E-state index is 0.142. The van der Waals surface area contributed by atoms with Gasteiger partial charge >= 0.3 is 6.03 Å². The topological polar surface area (TPSA) is 35.6 Å². The summed E-state index contributed by atoms with van der Waals surface area (Å²) >= 11 is 0. The summed E-state index contributed by atoms with van der Waals surface area (Å²) in [6, 6.07) is 0.142. The van der Waals surface area contributed by atoms with E-state index in [4.69, 9.17) is 0 Å². The van der Waals surface area contributed by atoms with Crippen LogP contribution in [-0.2, 0) is 0 Å². The lowest BCUT2D eigenvalue weighted by Crippen LogP contribution is -2.38. The van der Waals surface area contributed by atoms with Crippen LogP contribution in [-0.4, -0.2) is 55.1 Å². The van der Waals surface area contributed by atoms with Crippen LogP contribution in [0.15, 0.2) is 0 Å². The predicted octanol–water partition coefficient (Wildman–Crippen LogP) is 1.67. The summed E-state index contributed by atoms with van der Waals surface area (Å²) < 4.78 is 0. The zero-order valence-corrected chi connectivity index (χ0v) is 10.8. The number of amides is 2. The summed E-state index contributed by atoms with van der Waals surface area (Å²) in [5.41, 5.74) is 0. The maximum atomic E-state index is 11.7. The summed E-state index contributed by atoms with van der Waals surface area (Å²) in [5.74, 6) is 0. The van der Waals surface area contributed by atoms with Crippen molar-refractivity contribution >= 4 is 6.03 Å². The lowest BCUT2D eigenvalue weighted by atomic mass is 10.3. The number of nitrogens with one attached hydrogen (secondary N) is 1. The fraction of sp³-hybridized carbons (Fsp3) is 0.923. The first-order valence-electron chi connectivity index (χ1n) is 7.11. The molecule has 0 aromatic carbocycles. The van der Waals surface area contributed by atoms with Crippen LogP contribution in [0, 0.1) is 0 Å². The first-order valence-corrected chi connectivity index (χ1v) is 7.11. The van der Waals surface area contributed by atoms with Gasteiger partial charge < -0.3 is 15.1 Å². The fourth-order valence-electron chi connectivity index (χ4n) is 2.69. The third kappa shape index (κ3) is 4.19. The molecule has 2 aliphatic rings. The van der Waals surface area contributed by atoms with E-state index in [0.717, 1.165) is 26.1 Å². The number of urea groups is 1. The summed E-state index contributed by atoms with van der Waals surface area (Å²) in [6.45, 7) is 6.49. The van der Waals surface area contributed by atoms with E-state index in [1.165, 1.54) is 51.7 Å². The average Bonchev–Trinajstić information content (AvgIpc) is 3.01. The molecule has 0 unspecified atom stereocenters. The Bertz CT molecular complexity index is 233. The highest BCUT2D eigenvalue weighted by molar-refractivity contribution is 5.74. The van der Waals surface area contributed by atoms with E-state index in [9.17, 15) is 4.79 Å². The smallest absolute Gasteiger partial charge is 0.317 e. The van der Waals surface area contributed by atoms with Crippen molar-refractivity contribution in [2.24, 2.45) is 0 Å². The van der Waals surface area contributed by atoms with Crippen molar-refractivity contribution < 1.29 is 4.79 Å². The molecule has 2 saturated heterocycles. The van der Waals surface area contributed by atoms with E-state index in [2.05, 4.69) is 10.2 Å². The molecule has 0 bridgehead atoms. The molecule has 4 nitrogen and oxygen atoms in total. The Kier molecular flexibility index (Phi) is 5.10. The summed E-state index contributed by atoms with van der Waals surface area (Å²) in [7, 11) is 0. The van der Waals surface area contributed by atoms with Crippen molar-refractivity contribution in [1.82, 2.24) is 15.1 Å². The number of nitrogens with zero attached hydrogens (tertiary/aromatic N) is 2. The molecule has 0 aromatic rings. The molecule has 2 rings (SSSR count). The highest BCUT2D eigenvalue weighted by atomic mass is 16.2. The van der Waals surface area contributed by atoms with Crippen LogP contribution in [0.5, 0.6) is 0 Å². The van der Waals surface area contributed by atoms with E-state index in [0.29, 0.717) is 0 Å². The maximum absolute atomic E-state index is 11.7. The fourth-order valence-corrected chi connectivity index (χ4v) is 2.69. The zero-order valence-electron chi connectivity index (χ0n) is 10.8. The van der Waals surface area contributed by atoms with Crippen molar-refractivity contribution in [3.63, 3.8) is 0 Å². The minimum Gasteiger partial charge on any atom is -0.338 e. The predicted molar refractivity (Wildman–Crippen MR) is 69.1 cm³/mol. The van der Waals surface area contributed by atoms with Crippen molar-refractivity contribution in [2.45, 2.75) is 38.5 Å². The third-order valence-corrected chi connectivity index (χ3v) is 3.77. The molecule has 1 N–H and O–H groups in total. The Balaban J connectivity index is 1.46. The van der Waals surface area contributed by atoms with Crippen LogP contribution in [0.1, 0.15) is 38.5 Å². The SMILES string of the molecule is O=C(NCCCCN1CCCC1)N1CCCC1. The van der Waals surface area contributed by atoms with E-state index < -0.39 is 0 Å². The monoisotopic (exact) mass is 239 g/mol. The molecule has 2 fully saturated rings. The van der Waals surface area contributed by atoms with Crippen LogP contribution in [0.4, 0.5) is 4.79 Å². The van der Waals surface area contributed by atoms with Crippen LogP contribution in [0.3, 0.4) is 0 Å². The summed E-state index contributed by atoms with van der Waals surface area (Å²) in [5, 5.41) is 3.02. The van der Waals surface area contributed by atoms with Crippen LogP contribution in [0.2, 0.25) is 0 Å². The maximum Gasteiger partial charge on any atom is 0.317 e. The molecular formula is C13H25N3O. The van der Waals surface area contributed by atoms with Gasteiger partial charge in [0.1, 0.15) is 0 Å². The van der Waals surface area contributed by atoms with E-state index >= 15 is 0 Å². The molecule has 17 heavy (non-hydrogen) atoms. The molecule has 98 valence electrons. The van der Waals surface area contributed by atoms with Crippen molar-refractivity contribution in [3.05, 3.63) is 0 Å². The number of likely N-dealkylation sites (tertiary alicyclic amines) is 2. The van der Waals surface area contributed by atoms with E-state index in [-0.39, 0.29) is 6.03 Å². The molecule has 2 amide bonds. The molecular weight excluding hydrogens is 214 g/mol. The van der Waals surface area contributed by atoms with Gasteiger partial charge in [-0.1, -0.05) is 0 Å². The third-order valence-electron chi connectivity index (χ3n) is 3.77. The molecule has 0 atom stereocenters. The van der Waals surface area contributed by atoms with Gasteiger partial charge in [-0.15, -0.1) is 0 Å². The Labute approximate surface area is 104 Å². The highest BCUT2D eigenvalue weighted by Gasteiger charge is 2.16. The number of unbranched alkanes of at least 4 members (excludes halogenated alkanes) is 1. The summed E-state index contributed by atoms with van der Waals surface area (Å²) in [4.78, 5) is 16.1. The van der Waals surface area contributed by atoms with Gasteiger partial charge in [-0.2, -0.15) is 0 Å². The van der Waals surface area contributed by atoms with Gasteiger partial charge in [0.05, 0.1) is 0 Å². The van der Waals surface area contributed by atoms with Crippen molar-refractivity contribution in [3.8, 4) is 0 Å². The van der Waals surface area contributed by atoms with Gasteiger partial charge in [0, 0.05) is 19.6 Å². The Hall–Kier alpha value is -0.770. The largest absolute Gasteiger partial charge is 0.338 e. The first-order chi connectivity index (χ1) is 8.36. The summed E-state index contributed by atoms with van der Waals surface area (Å²) in [6.07, 6.45) is 7.39. The number of carbonyl (C=O) groups is 1. The zero-order chi connectivity index (χ0) is 11.9. The highest BCUT2D eigenvalue weighted by Crippen LogP contribution is 2.08. The first kappa shape index (κ1) is 12.7. The average molecular weight is 239 g/mol. The standard InChI is InChI=1S/C13H25N3O/c17-13(16-11-5-6-12-16)14-7-1-2-8-15-9-3-4-10-15/h1-12H2,(H,14,17). The van der Waals surface area contributed by atoms with Crippen LogP contribution in [0.25, 0.3) is 0 Å². The second kappa shape index (κ2) is 6.84. The number of rotatable bonds is 5. The molecule has 0 aliphatic carbocycles. The Morgan fingerprint density at radius 1 is 0.941 bits per heavy atom. The molecule has 2 aliphatic heterocycles. The molecule has 0 aromatic heterocycles. The van der Waals surface area contributed by atoms with Crippen molar-refractivity contribution in [2.75, 3.05) is 39.3 Å². The van der Waals surface area contributed by atoms with Crippen molar-refractivity contribution in [1.29, 1.82) is 0 Å². The molecule has 0 spiro atoms. The van der Waals surface area contributed by atoms with Gasteiger partial charge in [0.25, 0.3) is 0 Å². The van der Waals surface area contributed by atoms with Gasteiger partial charge in [0.2, 0.25) is 0 Å². The lowest BCUT2D eigenvalue weighted by molar-refractivity contribution is 0.208. The molecule has 4 heteroatoms. The molecule has 0 radical (unpaired) electrons. The molecule has 0 saturated carbocycles. The minimum absolute atomic E-state index is 0.142. The van der Waals surface area contributed by atoms with Crippen LogP contribution >= 0.6 is 0 Å². The van der Waals surface area contributed by atoms with Gasteiger partial charge in [-0.05, 0) is 58.2 Å². The Morgan fingerprint density at radius 3 is 2.29 bits per heavy atom. The van der Waals surface area contributed by atoms with Gasteiger partial charge in [0.15, 0.2) is 0 Å². The second-order valence-electron chi connectivity index (χ2n) is 5.18. The quantitative estimate of drug-likeness (QED) is 0.741. The molecule has 2 heterocycles. The normalized spacial score (nSPS) is 21.1. The van der Waals surface area contributed by atoms with E-state index in [1.54, 1.807) is 0 Å². The number of carbonyl (C=O) groups excluding carboxylic acids is 1. The van der Waals surface area contributed by atoms with Gasteiger partial charge in [-0.25, -0.2) is 4.79 Å². The lowest BCUT2D eigenvalue weighted by Gasteiger charge is -2.17.